The fourth-order valence-corrected chi connectivity index (χ4v) is 1.72. The average molecular weight is 247 g/mol. The van der Waals surface area contributed by atoms with Crippen LogP contribution in [0.25, 0.3) is 0 Å². The highest BCUT2D eigenvalue weighted by molar-refractivity contribution is 7.98. The number of unbranched alkanes of at least 4 members (excludes halogenated alkanes) is 1. The Hall–Kier alpha value is -0.680. The number of nitrogens with zero attached hydrogens (tertiary/aromatic N) is 2. The van der Waals surface area contributed by atoms with Crippen molar-refractivity contribution in [2.75, 3.05) is 29.6 Å². The van der Waals surface area contributed by atoms with Gasteiger partial charge in [-0.2, -0.15) is 11.8 Å². The summed E-state index contributed by atoms with van der Waals surface area (Å²) < 4.78 is 0. The summed E-state index contributed by atoms with van der Waals surface area (Å²) in [6.07, 6.45) is 5.80. The summed E-state index contributed by atoms with van der Waals surface area (Å²) in [5.74, 6) is 1.81. The third-order valence-electron chi connectivity index (χ3n) is 1.90. The van der Waals surface area contributed by atoms with Gasteiger partial charge in [-0.1, -0.05) is 11.6 Å². The van der Waals surface area contributed by atoms with Crippen LogP contribution in [0.4, 0.5) is 11.5 Å². The second-order valence-electron chi connectivity index (χ2n) is 3.05. The number of nitrogen functional groups attached to an aromatic ring is 1. The van der Waals surface area contributed by atoms with Crippen LogP contribution in [0.5, 0.6) is 0 Å². The van der Waals surface area contributed by atoms with Gasteiger partial charge in [-0.25, -0.2) is 9.97 Å². The van der Waals surface area contributed by atoms with Crippen LogP contribution in [0, 0.1) is 0 Å². The van der Waals surface area contributed by atoms with Crippen molar-refractivity contribution in [2.45, 2.75) is 12.8 Å². The summed E-state index contributed by atoms with van der Waals surface area (Å²) in [4.78, 5) is 7.80. The molecule has 0 aliphatic carbocycles. The fraction of sp³-hybridized carbons (Fsp3) is 0.556. The molecule has 0 bridgehead atoms. The number of nitrogens with two attached hydrogens (primary N) is 1. The van der Waals surface area contributed by atoms with Crippen LogP contribution in [0.1, 0.15) is 12.8 Å². The molecule has 15 heavy (non-hydrogen) atoms. The van der Waals surface area contributed by atoms with Gasteiger partial charge in [0.05, 0.1) is 0 Å². The summed E-state index contributed by atoms with van der Waals surface area (Å²) in [5.41, 5.74) is 6.12. The first kappa shape index (κ1) is 12.4. The van der Waals surface area contributed by atoms with Crippen molar-refractivity contribution in [2.24, 2.45) is 0 Å². The predicted octanol–water partition coefficient (Wildman–Crippen LogP) is 2.27. The summed E-state index contributed by atoms with van der Waals surface area (Å²) in [6.45, 7) is 0.859. The van der Waals surface area contributed by atoms with Crippen LogP contribution in [-0.4, -0.2) is 28.5 Å². The lowest BCUT2D eigenvalue weighted by Gasteiger charge is -2.07. The van der Waals surface area contributed by atoms with Crippen molar-refractivity contribution < 1.29 is 0 Å². The Labute approximate surface area is 99.0 Å². The number of rotatable bonds is 6. The van der Waals surface area contributed by atoms with E-state index in [9.17, 15) is 0 Å². The third kappa shape index (κ3) is 4.13. The maximum Gasteiger partial charge on any atom is 0.157 e. The second-order valence-corrected chi connectivity index (χ2v) is 4.40. The Morgan fingerprint density at radius 2 is 2.27 bits per heavy atom. The number of hydrogen-bond acceptors (Lipinski definition) is 5. The first-order valence-electron chi connectivity index (χ1n) is 4.74. The number of halogens is 1. The molecule has 1 aromatic rings. The van der Waals surface area contributed by atoms with Gasteiger partial charge in [-0.05, 0) is 24.9 Å². The lowest BCUT2D eigenvalue weighted by molar-refractivity contribution is 0.839. The molecular weight excluding hydrogens is 232 g/mol. The Kier molecular flexibility index (Phi) is 5.57. The topological polar surface area (TPSA) is 63.8 Å². The van der Waals surface area contributed by atoms with E-state index in [1.165, 1.54) is 18.5 Å². The predicted molar refractivity (Wildman–Crippen MR) is 67.6 cm³/mol. The molecule has 0 unspecified atom stereocenters. The van der Waals surface area contributed by atoms with Crippen molar-refractivity contribution in [1.82, 2.24) is 9.97 Å². The first-order chi connectivity index (χ1) is 7.25. The van der Waals surface area contributed by atoms with E-state index in [4.69, 9.17) is 17.3 Å². The zero-order valence-electron chi connectivity index (χ0n) is 8.66. The molecule has 0 aromatic carbocycles. The van der Waals surface area contributed by atoms with Gasteiger partial charge in [-0.3, -0.25) is 0 Å². The largest absolute Gasteiger partial charge is 0.393 e. The molecule has 0 aliphatic rings. The Balaban J connectivity index is 2.34. The molecule has 1 aromatic heterocycles. The van der Waals surface area contributed by atoms with Crippen molar-refractivity contribution in [3.63, 3.8) is 0 Å². The molecule has 4 nitrogen and oxygen atoms in total. The molecular formula is C9H15ClN4S. The van der Waals surface area contributed by atoms with Gasteiger partial charge in [0.1, 0.15) is 12.0 Å². The third-order valence-corrected chi connectivity index (χ3v) is 2.90. The Bertz CT molecular complexity index is 308. The molecule has 0 fully saturated rings. The number of hydrogen-bond donors (Lipinski definition) is 2. The quantitative estimate of drug-likeness (QED) is 0.596. The van der Waals surface area contributed by atoms with E-state index >= 15 is 0 Å². The highest BCUT2D eigenvalue weighted by atomic mass is 35.5. The van der Waals surface area contributed by atoms with Crippen LogP contribution in [0.15, 0.2) is 6.33 Å². The van der Waals surface area contributed by atoms with E-state index in [2.05, 4.69) is 21.5 Å². The zero-order chi connectivity index (χ0) is 11.1. The highest BCUT2D eigenvalue weighted by Gasteiger charge is 2.04. The molecule has 1 rings (SSSR count). The molecule has 0 spiro atoms. The molecule has 1 heterocycles. The van der Waals surface area contributed by atoms with Crippen molar-refractivity contribution in [1.29, 1.82) is 0 Å². The smallest absolute Gasteiger partial charge is 0.157 e. The summed E-state index contributed by atoms with van der Waals surface area (Å²) in [6, 6.07) is 0. The molecule has 0 amide bonds. The van der Waals surface area contributed by atoms with Gasteiger partial charge in [0.2, 0.25) is 0 Å². The van der Waals surface area contributed by atoms with Crippen molar-refractivity contribution >= 4 is 34.9 Å². The standard InChI is InChI=1S/C9H15ClN4S/c1-15-5-3-2-4-12-9-7(11)8(10)13-6-14-9/h6H,2-5,11H2,1H3,(H,12,13,14). The van der Waals surface area contributed by atoms with Gasteiger partial charge < -0.3 is 11.1 Å². The Morgan fingerprint density at radius 1 is 1.47 bits per heavy atom. The molecule has 0 aliphatic heterocycles. The van der Waals surface area contributed by atoms with Crippen LogP contribution in [0.2, 0.25) is 5.15 Å². The van der Waals surface area contributed by atoms with E-state index < -0.39 is 0 Å². The number of thioether (sulfide) groups is 1. The van der Waals surface area contributed by atoms with Gasteiger partial charge in [0.25, 0.3) is 0 Å². The van der Waals surface area contributed by atoms with Crippen molar-refractivity contribution in [3.05, 3.63) is 11.5 Å². The minimum absolute atomic E-state index is 0.302. The molecule has 0 saturated heterocycles. The fourth-order valence-electron chi connectivity index (χ4n) is 1.09. The molecule has 6 heteroatoms. The summed E-state index contributed by atoms with van der Waals surface area (Å²) >= 11 is 7.61. The van der Waals surface area contributed by atoms with Crippen LogP contribution in [-0.2, 0) is 0 Å². The Morgan fingerprint density at radius 3 is 3.00 bits per heavy atom. The van der Waals surface area contributed by atoms with E-state index in [1.807, 2.05) is 11.8 Å². The summed E-state index contributed by atoms with van der Waals surface area (Å²) in [5, 5.41) is 3.45. The molecule has 0 atom stereocenters. The van der Waals surface area contributed by atoms with Gasteiger partial charge in [0, 0.05) is 6.54 Å². The number of aromatic nitrogens is 2. The lowest BCUT2D eigenvalue weighted by atomic mass is 10.3. The monoisotopic (exact) mass is 246 g/mol. The molecule has 0 radical (unpaired) electrons. The van der Waals surface area contributed by atoms with E-state index in [0.29, 0.717) is 16.7 Å². The molecule has 84 valence electrons. The highest BCUT2D eigenvalue weighted by Crippen LogP contribution is 2.21. The number of nitrogens with one attached hydrogen (secondary N) is 1. The minimum Gasteiger partial charge on any atom is -0.393 e. The normalized spacial score (nSPS) is 10.3. The number of anilines is 2. The van der Waals surface area contributed by atoms with E-state index in [0.717, 1.165) is 13.0 Å². The van der Waals surface area contributed by atoms with Crippen LogP contribution >= 0.6 is 23.4 Å². The van der Waals surface area contributed by atoms with E-state index in [-0.39, 0.29) is 0 Å². The maximum atomic E-state index is 5.76. The molecule has 0 saturated carbocycles. The van der Waals surface area contributed by atoms with Crippen molar-refractivity contribution in [3.8, 4) is 0 Å². The molecule has 3 N–H and O–H groups in total. The van der Waals surface area contributed by atoms with Gasteiger partial charge >= 0.3 is 0 Å². The first-order valence-corrected chi connectivity index (χ1v) is 6.51. The minimum atomic E-state index is 0.302. The van der Waals surface area contributed by atoms with Gasteiger partial charge in [-0.15, -0.1) is 0 Å². The van der Waals surface area contributed by atoms with Crippen LogP contribution in [0.3, 0.4) is 0 Å². The van der Waals surface area contributed by atoms with Gasteiger partial charge in [0.15, 0.2) is 11.0 Å². The van der Waals surface area contributed by atoms with Crippen LogP contribution < -0.4 is 11.1 Å². The average Bonchev–Trinajstić information content (AvgIpc) is 2.24. The maximum absolute atomic E-state index is 5.76. The van der Waals surface area contributed by atoms with E-state index in [1.54, 1.807) is 0 Å². The second kappa shape index (κ2) is 6.74. The lowest BCUT2D eigenvalue weighted by Crippen LogP contribution is -2.07. The zero-order valence-corrected chi connectivity index (χ0v) is 10.2. The SMILES string of the molecule is CSCCCCNc1ncnc(Cl)c1N. The summed E-state index contributed by atoms with van der Waals surface area (Å²) in [7, 11) is 0.